The number of unbranched alkanes of at least 4 members (excludes halogenated alkanes) is 1. The van der Waals surface area contributed by atoms with Gasteiger partial charge in [0, 0.05) is 24.2 Å². The molecule has 0 aliphatic carbocycles. The molecule has 0 radical (unpaired) electrons. The van der Waals surface area contributed by atoms with Gasteiger partial charge in [-0.3, -0.25) is 0 Å². The highest BCUT2D eigenvalue weighted by Gasteiger charge is 2.03. The van der Waals surface area contributed by atoms with Crippen molar-refractivity contribution in [2.24, 2.45) is 0 Å². The summed E-state index contributed by atoms with van der Waals surface area (Å²) in [5, 5.41) is 3.51. The minimum absolute atomic E-state index is 0.403. The van der Waals surface area contributed by atoms with E-state index in [1.165, 1.54) is 5.56 Å². The number of benzene rings is 1. The van der Waals surface area contributed by atoms with Crippen molar-refractivity contribution in [1.82, 2.24) is 5.32 Å². The van der Waals surface area contributed by atoms with Gasteiger partial charge < -0.3 is 10.1 Å². The molecule has 1 N–H and O–H groups in total. The lowest BCUT2D eigenvalue weighted by molar-refractivity contribution is 0.192. The summed E-state index contributed by atoms with van der Waals surface area (Å²) in [6, 6.07) is 8.84. The fourth-order valence-corrected chi connectivity index (χ4v) is 2.00. The average Bonchev–Trinajstić information content (AvgIpc) is 2.28. The van der Waals surface area contributed by atoms with Gasteiger partial charge in [0.15, 0.2) is 0 Å². The molecule has 3 heteroatoms. The summed E-state index contributed by atoms with van der Waals surface area (Å²) < 4.78 is 6.15. The Labute approximate surface area is 107 Å². The standard InChI is InChI=1S/C13H20BrNO/c1-11(15-8-3-4-9-16-2)12-6-5-7-13(14)10-12/h5-7,10-11,15H,3-4,8-9H2,1-2H3/t11-/m1/s1. The number of hydrogen-bond acceptors (Lipinski definition) is 2. The Bertz CT molecular complexity index is 304. The van der Waals surface area contributed by atoms with Crippen LogP contribution in [0.15, 0.2) is 28.7 Å². The van der Waals surface area contributed by atoms with Crippen LogP contribution < -0.4 is 5.32 Å². The zero-order chi connectivity index (χ0) is 11.8. The molecule has 1 rings (SSSR count). The molecule has 0 aromatic heterocycles. The molecule has 1 atom stereocenters. The summed E-state index contributed by atoms with van der Waals surface area (Å²) in [4.78, 5) is 0. The Hall–Kier alpha value is -0.380. The van der Waals surface area contributed by atoms with Crippen molar-refractivity contribution in [1.29, 1.82) is 0 Å². The lowest BCUT2D eigenvalue weighted by Crippen LogP contribution is -2.20. The molecule has 0 aliphatic rings. The first-order chi connectivity index (χ1) is 7.74. The van der Waals surface area contributed by atoms with E-state index >= 15 is 0 Å². The molecule has 0 fully saturated rings. The van der Waals surface area contributed by atoms with E-state index in [2.05, 4.69) is 52.4 Å². The molecule has 2 nitrogen and oxygen atoms in total. The first kappa shape index (κ1) is 13.7. The van der Waals surface area contributed by atoms with Crippen molar-refractivity contribution in [3.8, 4) is 0 Å². The number of rotatable bonds is 7. The molecule has 0 saturated heterocycles. The number of halogens is 1. The summed E-state index contributed by atoms with van der Waals surface area (Å²) in [6.45, 7) is 4.09. The third-order valence-corrected chi connectivity index (χ3v) is 3.07. The summed E-state index contributed by atoms with van der Waals surface area (Å²) >= 11 is 3.49. The molecule has 0 spiro atoms. The van der Waals surface area contributed by atoms with Gasteiger partial charge in [-0.05, 0) is 44.0 Å². The van der Waals surface area contributed by atoms with Gasteiger partial charge in [0.2, 0.25) is 0 Å². The molecular weight excluding hydrogens is 266 g/mol. The smallest absolute Gasteiger partial charge is 0.0462 e. The van der Waals surface area contributed by atoms with Crippen LogP contribution in [0.2, 0.25) is 0 Å². The monoisotopic (exact) mass is 285 g/mol. The van der Waals surface area contributed by atoms with Crippen LogP contribution in [0.3, 0.4) is 0 Å². The van der Waals surface area contributed by atoms with Gasteiger partial charge in [-0.25, -0.2) is 0 Å². The maximum absolute atomic E-state index is 5.02. The zero-order valence-corrected chi connectivity index (χ0v) is 11.6. The van der Waals surface area contributed by atoms with Crippen molar-refractivity contribution < 1.29 is 4.74 Å². The van der Waals surface area contributed by atoms with Gasteiger partial charge in [-0.1, -0.05) is 28.1 Å². The molecule has 0 bridgehead atoms. The van der Waals surface area contributed by atoms with Crippen molar-refractivity contribution in [2.75, 3.05) is 20.3 Å². The molecule has 0 amide bonds. The predicted molar refractivity (Wildman–Crippen MR) is 71.7 cm³/mol. The fourth-order valence-electron chi connectivity index (χ4n) is 1.58. The van der Waals surface area contributed by atoms with Crippen molar-refractivity contribution in [2.45, 2.75) is 25.8 Å². The van der Waals surface area contributed by atoms with E-state index in [0.717, 1.165) is 30.5 Å². The van der Waals surface area contributed by atoms with Gasteiger partial charge in [-0.15, -0.1) is 0 Å². The quantitative estimate of drug-likeness (QED) is 0.774. The van der Waals surface area contributed by atoms with Crippen LogP contribution in [-0.2, 0) is 4.74 Å². The lowest BCUT2D eigenvalue weighted by atomic mass is 10.1. The average molecular weight is 286 g/mol. The van der Waals surface area contributed by atoms with E-state index in [4.69, 9.17) is 4.74 Å². The highest BCUT2D eigenvalue weighted by molar-refractivity contribution is 9.10. The number of ether oxygens (including phenoxy) is 1. The molecule has 0 saturated carbocycles. The minimum atomic E-state index is 0.403. The van der Waals surface area contributed by atoms with E-state index in [1.807, 2.05) is 0 Å². The third-order valence-electron chi connectivity index (χ3n) is 2.57. The predicted octanol–water partition coefficient (Wildman–Crippen LogP) is 3.53. The minimum Gasteiger partial charge on any atom is -0.385 e. The van der Waals surface area contributed by atoms with Gasteiger partial charge in [0.05, 0.1) is 0 Å². The molecule has 1 aromatic rings. The van der Waals surface area contributed by atoms with Crippen molar-refractivity contribution >= 4 is 15.9 Å². The summed E-state index contributed by atoms with van der Waals surface area (Å²) in [6.07, 6.45) is 2.28. The second kappa shape index (κ2) is 7.82. The molecular formula is C13H20BrNO. The third kappa shape index (κ3) is 5.10. The Morgan fingerprint density at radius 2 is 2.19 bits per heavy atom. The number of hydrogen-bond donors (Lipinski definition) is 1. The molecule has 16 heavy (non-hydrogen) atoms. The lowest BCUT2D eigenvalue weighted by Gasteiger charge is -2.14. The molecule has 0 heterocycles. The fraction of sp³-hybridized carbons (Fsp3) is 0.538. The number of nitrogens with one attached hydrogen (secondary N) is 1. The van der Waals surface area contributed by atoms with E-state index in [9.17, 15) is 0 Å². The van der Waals surface area contributed by atoms with Gasteiger partial charge >= 0.3 is 0 Å². The largest absolute Gasteiger partial charge is 0.385 e. The summed E-state index contributed by atoms with van der Waals surface area (Å²) in [5.41, 5.74) is 1.32. The topological polar surface area (TPSA) is 21.3 Å². The molecule has 0 aliphatic heterocycles. The van der Waals surface area contributed by atoms with Crippen LogP contribution in [0.1, 0.15) is 31.4 Å². The van der Waals surface area contributed by atoms with E-state index < -0.39 is 0 Å². The normalized spacial score (nSPS) is 12.7. The van der Waals surface area contributed by atoms with Crippen molar-refractivity contribution in [3.63, 3.8) is 0 Å². The Kier molecular flexibility index (Phi) is 6.69. The second-order valence-electron chi connectivity index (χ2n) is 3.93. The van der Waals surface area contributed by atoms with Crippen LogP contribution in [0, 0.1) is 0 Å². The van der Waals surface area contributed by atoms with Crippen LogP contribution in [0.25, 0.3) is 0 Å². The maximum atomic E-state index is 5.02. The first-order valence-electron chi connectivity index (χ1n) is 5.72. The zero-order valence-electron chi connectivity index (χ0n) is 10.0. The van der Waals surface area contributed by atoms with Crippen LogP contribution in [0.5, 0.6) is 0 Å². The SMILES string of the molecule is COCCCCN[C@H](C)c1cccc(Br)c1. The Morgan fingerprint density at radius 1 is 1.38 bits per heavy atom. The van der Waals surface area contributed by atoms with Gasteiger partial charge in [0.25, 0.3) is 0 Å². The molecule has 1 aromatic carbocycles. The highest BCUT2D eigenvalue weighted by atomic mass is 79.9. The van der Waals surface area contributed by atoms with Crippen LogP contribution in [0.4, 0.5) is 0 Å². The van der Waals surface area contributed by atoms with Crippen LogP contribution >= 0.6 is 15.9 Å². The van der Waals surface area contributed by atoms with Gasteiger partial charge in [-0.2, -0.15) is 0 Å². The molecule has 0 unspecified atom stereocenters. The second-order valence-corrected chi connectivity index (χ2v) is 4.85. The van der Waals surface area contributed by atoms with E-state index in [-0.39, 0.29) is 0 Å². The van der Waals surface area contributed by atoms with Crippen LogP contribution in [-0.4, -0.2) is 20.3 Å². The first-order valence-corrected chi connectivity index (χ1v) is 6.51. The van der Waals surface area contributed by atoms with Crippen molar-refractivity contribution in [3.05, 3.63) is 34.3 Å². The van der Waals surface area contributed by atoms with E-state index in [0.29, 0.717) is 6.04 Å². The maximum Gasteiger partial charge on any atom is 0.0462 e. The summed E-state index contributed by atoms with van der Waals surface area (Å²) in [7, 11) is 1.75. The number of methoxy groups -OCH3 is 1. The Morgan fingerprint density at radius 3 is 2.88 bits per heavy atom. The molecule has 90 valence electrons. The van der Waals surface area contributed by atoms with Gasteiger partial charge in [0.1, 0.15) is 0 Å². The Balaban J connectivity index is 2.27. The highest BCUT2D eigenvalue weighted by Crippen LogP contribution is 2.17. The van der Waals surface area contributed by atoms with E-state index in [1.54, 1.807) is 7.11 Å². The summed E-state index contributed by atoms with van der Waals surface area (Å²) in [5.74, 6) is 0.